The van der Waals surface area contributed by atoms with Gasteiger partial charge in [0.25, 0.3) is 0 Å². The molecule has 0 aromatic heterocycles. The average molecular weight is 712 g/mol. The number of Topliss-reactive ketones (excluding diaryl/α,β-unsaturated/α-hetero) is 1. The highest BCUT2D eigenvalue weighted by Crippen LogP contribution is 2.44. The largest absolute Gasteiger partial charge is 0.462 e. The van der Waals surface area contributed by atoms with E-state index < -0.39 is 90.4 Å². The Bertz CT molecular complexity index is 1190. The fourth-order valence-electron chi connectivity index (χ4n) is 8.12. The summed E-state index contributed by atoms with van der Waals surface area (Å²) in [6, 6.07) is -0.218. The SMILES string of the molecule is C=CC1O[C@@H](O[C@@H]2C(C)C(=O)O[C@H](C)[C@H](C)C(OC(C)=O)C(C)C(=O)[C@]3(CO3)C[C@H](C)[C@H](OC3OC(C)CC(N(C)C)[C@H]3O)[C@H]2C)C[C@@H]1OC. The molecule has 0 amide bonds. The Labute approximate surface area is 297 Å². The summed E-state index contributed by atoms with van der Waals surface area (Å²) in [6.45, 7) is 18.2. The standard InChI is InChI=1S/C37H61NO12/c1-13-27-28(43-12)15-29(48-27)49-33-21(5)31(50-36-30(40)26(38(10)11)14-19(3)45-36)18(2)16-37(17-44-37)34(41)22(6)32(47-25(9)39)20(4)24(8)46-35(42)23(33)7/h13,18-24,26-33,36,40H,1,14-17H2,2-12H3/t18-,19?,20-,21+,22?,23?,24+,26?,27?,28-,29-,30+,31-,32?,33-,36?,37+/m0/s1. The van der Waals surface area contributed by atoms with Crippen LogP contribution in [0.25, 0.3) is 0 Å². The van der Waals surface area contributed by atoms with Gasteiger partial charge in [-0.15, -0.1) is 6.58 Å². The van der Waals surface area contributed by atoms with E-state index in [1.54, 1.807) is 40.9 Å². The van der Waals surface area contributed by atoms with Crippen molar-refractivity contribution in [3.63, 3.8) is 0 Å². The molecule has 4 saturated heterocycles. The first-order valence-corrected chi connectivity index (χ1v) is 18.1. The van der Waals surface area contributed by atoms with Gasteiger partial charge in [0.15, 0.2) is 24.0 Å². The zero-order chi connectivity index (χ0) is 37.2. The second-order valence-electron chi connectivity index (χ2n) is 15.4. The smallest absolute Gasteiger partial charge is 0.311 e. The van der Waals surface area contributed by atoms with E-state index in [1.165, 1.54) is 6.92 Å². The number of likely N-dealkylation sites (N-methyl/N-ethyl adjacent to an activating group) is 1. The van der Waals surface area contributed by atoms with Crippen LogP contribution in [0.4, 0.5) is 0 Å². The van der Waals surface area contributed by atoms with E-state index >= 15 is 0 Å². The van der Waals surface area contributed by atoms with Gasteiger partial charge >= 0.3 is 11.9 Å². The van der Waals surface area contributed by atoms with Crippen LogP contribution in [0.1, 0.15) is 74.7 Å². The number of ether oxygens (including phenoxy) is 8. The number of ketones is 1. The van der Waals surface area contributed by atoms with Crippen molar-refractivity contribution in [3.05, 3.63) is 12.7 Å². The van der Waals surface area contributed by atoms with Crippen LogP contribution in [0.15, 0.2) is 12.7 Å². The quantitative estimate of drug-likeness (QED) is 0.223. The van der Waals surface area contributed by atoms with Crippen molar-refractivity contribution in [3.8, 4) is 0 Å². The first-order chi connectivity index (χ1) is 23.4. The minimum absolute atomic E-state index is 0.193. The number of esters is 2. The van der Waals surface area contributed by atoms with E-state index in [9.17, 15) is 19.5 Å². The van der Waals surface area contributed by atoms with Gasteiger partial charge in [0.1, 0.15) is 24.4 Å². The van der Waals surface area contributed by atoms with Gasteiger partial charge in [-0.2, -0.15) is 0 Å². The molecule has 1 spiro atoms. The van der Waals surface area contributed by atoms with Crippen molar-refractivity contribution in [2.75, 3.05) is 27.8 Å². The Morgan fingerprint density at radius 2 is 1.62 bits per heavy atom. The summed E-state index contributed by atoms with van der Waals surface area (Å²) in [7, 11) is 5.41. The Kier molecular flexibility index (Phi) is 13.7. The molecule has 0 bridgehead atoms. The molecule has 4 rings (SSSR count). The highest BCUT2D eigenvalue weighted by molar-refractivity contribution is 5.92. The molecule has 0 aromatic carbocycles. The van der Waals surface area contributed by atoms with Crippen molar-refractivity contribution in [1.82, 2.24) is 4.90 Å². The number of methoxy groups -OCH3 is 1. The third kappa shape index (κ3) is 8.97. The Hall–Kier alpha value is -1.97. The minimum atomic E-state index is -1.12. The predicted molar refractivity (Wildman–Crippen MR) is 182 cm³/mol. The Balaban J connectivity index is 1.77. The van der Waals surface area contributed by atoms with Crippen molar-refractivity contribution in [2.45, 2.75) is 148 Å². The number of aliphatic hydroxyl groups excluding tert-OH is 1. The fraction of sp³-hybridized carbons (Fsp3) is 0.865. The van der Waals surface area contributed by atoms with E-state index in [-0.39, 0.29) is 43.0 Å². The van der Waals surface area contributed by atoms with Crippen molar-refractivity contribution in [2.24, 2.45) is 29.6 Å². The van der Waals surface area contributed by atoms with Crippen LogP contribution in [-0.2, 0) is 52.3 Å². The molecule has 50 heavy (non-hydrogen) atoms. The predicted octanol–water partition coefficient (Wildman–Crippen LogP) is 3.28. The van der Waals surface area contributed by atoms with Gasteiger partial charge in [-0.3, -0.25) is 14.4 Å². The average Bonchev–Trinajstić information content (AvgIpc) is 3.73. The molecule has 0 radical (unpaired) electrons. The monoisotopic (exact) mass is 711 g/mol. The minimum Gasteiger partial charge on any atom is -0.462 e. The molecule has 4 fully saturated rings. The highest BCUT2D eigenvalue weighted by atomic mass is 16.7. The fourth-order valence-corrected chi connectivity index (χ4v) is 8.12. The molecule has 4 aliphatic rings. The molecule has 0 aliphatic carbocycles. The van der Waals surface area contributed by atoms with Crippen molar-refractivity contribution in [1.29, 1.82) is 0 Å². The highest BCUT2D eigenvalue weighted by Gasteiger charge is 2.57. The number of carbonyl (C=O) groups is 3. The van der Waals surface area contributed by atoms with Crippen molar-refractivity contribution < 1.29 is 57.4 Å². The lowest BCUT2D eigenvalue weighted by Gasteiger charge is -2.45. The summed E-state index contributed by atoms with van der Waals surface area (Å²) < 4.78 is 49.2. The van der Waals surface area contributed by atoms with Gasteiger partial charge in [0.2, 0.25) is 0 Å². The maximum atomic E-state index is 14.2. The molecule has 0 saturated carbocycles. The van der Waals surface area contributed by atoms with Gasteiger partial charge in [0.05, 0.1) is 42.9 Å². The third-order valence-electron chi connectivity index (χ3n) is 11.3. The lowest BCUT2D eigenvalue weighted by molar-refractivity contribution is -0.287. The second kappa shape index (κ2) is 16.8. The van der Waals surface area contributed by atoms with Crippen LogP contribution in [0.2, 0.25) is 0 Å². The third-order valence-corrected chi connectivity index (χ3v) is 11.3. The zero-order valence-electron chi connectivity index (χ0n) is 31.7. The van der Waals surface area contributed by atoms with Gasteiger partial charge in [-0.05, 0) is 53.6 Å². The zero-order valence-corrected chi connectivity index (χ0v) is 31.7. The summed E-state index contributed by atoms with van der Waals surface area (Å²) in [5, 5.41) is 11.5. The number of nitrogens with zero attached hydrogens (tertiary/aromatic N) is 1. The van der Waals surface area contributed by atoms with E-state index in [0.29, 0.717) is 12.8 Å². The van der Waals surface area contributed by atoms with Crippen LogP contribution in [-0.4, -0.2) is 129 Å². The molecule has 13 heteroatoms. The topological polar surface area (TPSA) is 152 Å². The summed E-state index contributed by atoms with van der Waals surface area (Å²) in [5.74, 6) is -4.17. The lowest BCUT2D eigenvalue weighted by atomic mass is 9.76. The molecule has 1 N–H and O–H groups in total. The number of aliphatic hydroxyl groups is 1. The van der Waals surface area contributed by atoms with E-state index in [4.69, 9.17) is 37.9 Å². The molecular formula is C37H61NO12. The van der Waals surface area contributed by atoms with Crippen LogP contribution in [0, 0.1) is 29.6 Å². The molecule has 286 valence electrons. The second-order valence-corrected chi connectivity index (χ2v) is 15.4. The Morgan fingerprint density at radius 3 is 2.16 bits per heavy atom. The molecule has 0 aromatic rings. The molecule has 7 unspecified atom stereocenters. The maximum Gasteiger partial charge on any atom is 0.311 e. The number of epoxide rings is 1. The summed E-state index contributed by atoms with van der Waals surface area (Å²) in [4.78, 5) is 42.4. The molecule has 17 atom stereocenters. The van der Waals surface area contributed by atoms with E-state index in [0.717, 1.165) is 0 Å². The molecule has 4 aliphatic heterocycles. The van der Waals surface area contributed by atoms with Gasteiger partial charge in [0, 0.05) is 38.3 Å². The maximum absolute atomic E-state index is 14.2. The summed E-state index contributed by atoms with van der Waals surface area (Å²) in [5.41, 5.74) is -1.12. The van der Waals surface area contributed by atoms with Crippen LogP contribution >= 0.6 is 0 Å². The van der Waals surface area contributed by atoms with Gasteiger partial charge < -0.3 is 47.9 Å². The number of rotatable bonds is 8. The first kappa shape index (κ1) is 40.8. The Morgan fingerprint density at radius 1 is 0.960 bits per heavy atom. The van der Waals surface area contributed by atoms with Crippen LogP contribution in [0.3, 0.4) is 0 Å². The summed E-state index contributed by atoms with van der Waals surface area (Å²) >= 11 is 0. The number of carbonyl (C=O) groups excluding carboxylic acids is 3. The number of hydrogen-bond acceptors (Lipinski definition) is 13. The summed E-state index contributed by atoms with van der Waals surface area (Å²) in [6.07, 6.45) is -3.66. The number of hydrogen-bond donors (Lipinski definition) is 1. The van der Waals surface area contributed by atoms with Crippen molar-refractivity contribution >= 4 is 17.7 Å². The lowest BCUT2D eigenvalue weighted by Crippen LogP contribution is -2.57. The van der Waals surface area contributed by atoms with E-state index in [1.807, 2.05) is 39.8 Å². The number of cyclic esters (lactones) is 1. The molecule has 4 heterocycles. The molecular weight excluding hydrogens is 650 g/mol. The van der Waals surface area contributed by atoms with E-state index in [2.05, 4.69) is 6.58 Å². The van der Waals surface area contributed by atoms with Crippen LogP contribution < -0.4 is 0 Å². The normalized spacial score (nSPS) is 46.3. The first-order valence-electron chi connectivity index (χ1n) is 18.1. The van der Waals surface area contributed by atoms with Gasteiger partial charge in [-0.25, -0.2) is 0 Å². The van der Waals surface area contributed by atoms with Gasteiger partial charge in [-0.1, -0.05) is 33.8 Å². The van der Waals surface area contributed by atoms with Crippen LogP contribution in [0.5, 0.6) is 0 Å². The molecule has 13 nitrogen and oxygen atoms in total.